The van der Waals surface area contributed by atoms with Crippen molar-refractivity contribution in [2.75, 3.05) is 32.7 Å². The van der Waals surface area contributed by atoms with E-state index in [0.717, 1.165) is 5.69 Å². The van der Waals surface area contributed by atoms with Gasteiger partial charge in [-0.25, -0.2) is 4.98 Å². The Bertz CT molecular complexity index is 449. The summed E-state index contributed by atoms with van der Waals surface area (Å²) >= 11 is 0. The first-order valence-electron chi connectivity index (χ1n) is 5.95. The van der Waals surface area contributed by atoms with Gasteiger partial charge in [0.05, 0.1) is 6.54 Å². The number of aromatic nitrogens is 2. The summed E-state index contributed by atoms with van der Waals surface area (Å²) in [4.78, 5) is 21.6. The third-order valence-electron chi connectivity index (χ3n) is 2.97. The van der Waals surface area contributed by atoms with E-state index in [4.69, 9.17) is 0 Å². The predicted octanol–water partition coefficient (Wildman–Crippen LogP) is 1.04. The van der Waals surface area contributed by atoms with Crippen molar-refractivity contribution >= 4 is 5.91 Å². The number of H-pyrrole nitrogens is 1. The van der Waals surface area contributed by atoms with Crippen LogP contribution in [0.15, 0.2) is 6.20 Å². The quantitative estimate of drug-likeness (QED) is 0.878. The summed E-state index contributed by atoms with van der Waals surface area (Å²) in [6.07, 6.45) is -2.64. The Hall–Kier alpha value is -1.57. The van der Waals surface area contributed by atoms with E-state index in [1.165, 1.54) is 9.80 Å². The predicted molar refractivity (Wildman–Crippen MR) is 61.7 cm³/mol. The Balaban J connectivity index is 1.88. The van der Waals surface area contributed by atoms with Gasteiger partial charge in [0.15, 0.2) is 5.82 Å². The second-order valence-electron chi connectivity index (χ2n) is 4.60. The molecule has 1 amide bonds. The molecule has 0 aliphatic carbocycles. The molecule has 0 bridgehead atoms. The number of carbonyl (C=O) groups excluding carboxylic acids is 1. The fourth-order valence-electron chi connectivity index (χ4n) is 2.03. The Labute approximate surface area is 108 Å². The number of aromatic amines is 1. The average molecular weight is 276 g/mol. The van der Waals surface area contributed by atoms with Crippen LogP contribution in [-0.2, 0) is 0 Å². The van der Waals surface area contributed by atoms with Crippen LogP contribution < -0.4 is 0 Å². The van der Waals surface area contributed by atoms with Crippen molar-refractivity contribution in [2.45, 2.75) is 13.1 Å². The Kier molecular flexibility index (Phi) is 3.79. The van der Waals surface area contributed by atoms with E-state index in [2.05, 4.69) is 9.97 Å². The van der Waals surface area contributed by atoms with E-state index >= 15 is 0 Å². The Morgan fingerprint density at radius 2 is 2.00 bits per heavy atom. The molecule has 1 aliphatic rings. The van der Waals surface area contributed by atoms with Crippen molar-refractivity contribution in [1.29, 1.82) is 0 Å². The van der Waals surface area contributed by atoms with Crippen molar-refractivity contribution in [2.24, 2.45) is 0 Å². The van der Waals surface area contributed by atoms with Crippen LogP contribution in [0.2, 0.25) is 0 Å². The van der Waals surface area contributed by atoms with Gasteiger partial charge in [0.2, 0.25) is 0 Å². The fraction of sp³-hybridized carbons (Fsp3) is 0.636. The smallest absolute Gasteiger partial charge is 0.338 e. The number of hydrogen-bond acceptors (Lipinski definition) is 3. The molecular weight excluding hydrogens is 261 g/mol. The van der Waals surface area contributed by atoms with Gasteiger partial charge in [-0.05, 0) is 6.92 Å². The van der Waals surface area contributed by atoms with Gasteiger partial charge in [0.25, 0.3) is 5.91 Å². The summed E-state index contributed by atoms with van der Waals surface area (Å²) in [5.41, 5.74) is 0.777. The maximum absolute atomic E-state index is 12.2. The van der Waals surface area contributed by atoms with E-state index in [0.29, 0.717) is 0 Å². The van der Waals surface area contributed by atoms with Crippen molar-refractivity contribution in [3.05, 3.63) is 17.7 Å². The maximum Gasteiger partial charge on any atom is 0.401 e. The molecule has 2 rings (SSSR count). The molecule has 19 heavy (non-hydrogen) atoms. The summed E-state index contributed by atoms with van der Waals surface area (Å²) in [5, 5.41) is 0. The van der Waals surface area contributed by atoms with Crippen molar-refractivity contribution in [3.63, 3.8) is 0 Å². The van der Waals surface area contributed by atoms with Gasteiger partial charge in [0.1, 0.15) is 0 Å². The van der Waals surface area contributed by atoms with E-state index in [1.54, 1.807) is 13.1 Å². The second-order valence-corrected chi connectivity index (χ2v) is 4.60. The van der Waals surface area contributed by atoms with Crippen molar-refractivity contribution in [3.8, 4) is 0 Å². The second kappa shape index (κ2) is 5.20. The minimum absolute atomic E-state index is 0.227. The summed E-state index contributed by atoms with van der Waals surface area (Å²) in [7, 11) is 0. The molecule has 0 aromatic carbocycles. The molecule has 0 unspecified atom stereocenters. The van der Waals surface area contributed by atoms with Crippen molar-refractivity contribution < 1.29 is 18.0 Å². The van der Waals surface area contributed by atoms with Gasteiger partial charge in [0, 0.05) is 38.1 Å². The summed E-state index contributed by atoms with van der Waals surface area (Å²) in [6.45, 7) is 1.89. The van der Waals surface area contributed by atoms with Gasteiger partial charge in [-0.3, -0.25) is 9.69 Å². The summed E-state index contributed by atoms with van der Waals surface area (Å²) in [5.74, 6) is -0.0264. The highest BCUT2D eigenvalue weighted by atomic mass is 19.4. The zero-order valence-electron chi connectivity index (χ0n) is 10.5. The first kappa shape index (κ1) is 13.9. The molecule has 8 heteroatoms. The van der Waals surface area contributed by atoms with Crippen LogP contribution in [0, 0.1) is 6.92 Å². The zero-order valence-corrected chi connectivity index (χ0v) is 10.5. The van der Waals surface area contributed by atoms with Gasteiger partial charge in [-0.15, -0.1) is 0 Å². The fourth-order valence-corrected chi connectivity index (χ4v) is 2.03. The monoisotopic (exact) mass is 276 g/mol. The number of hydrogen-bond donors (Lipinski definition) is 1. The number of aryl methyl sites for hydroxylation is 1. The third-order valence-corrected chi connectivity index (χ3v) is 2.97. The number of piperazine rings is 1. The van der Waals surface area contributed by atoms with Gasteiger partial charge < -0.3 is 9.88 Å². The van der Waals surface area contributed by atoms with Crippen LogP contribution in [-0.4, -0.2) is 64.6 Å². The lowest BCUT2D eigenvalue weighted by molar-refractivity contribution is -0.148. The molecule has 5 nitrogen and oxygen atoms in total. The summed E-state index contributed by atoms with van der Waals surface area (Å²) < 4.78 is 36.7. The van der Waals surface area contributed by atoms with E-state index in [1.807, 2.05) is 0 Å². The van der Waals surface area contributed by atoms with Gasteiger partial charge in [-0.1, -0.05) is 0 Å². The molecule has 0 saturated carbocycles. The number of carbonyl (C=O) groups is 1. The Morgan fingerprint density at radius 1 is 1.37 bits per heavy atom. The maximum atomic E-state index is 12.2. The van der Waals surface area contributed by atoms with E-state index in [-0.39, 0.29) is 37.9 Å². The highest BCUT2D eigenvalue weighted by Crippen LogP contribution is 2.17. The molecule has 0 spiro atoms. The first-order chi connectivity index (χ1) is 8.85. The molecule has 1 aromatic heterocycles. The van der Waals surface area contributed by atoms with Gasteiger partial charge >= 0.3 is 6.18 Å². The third kappa shape index (κ3) is 3.69. The number of alkyl halides is 3. The van der Waals surface area contributed by atoms with Crippen LogP contribution >= 0.6 is 0 Å². The highest BCUT2D eigenvalue weighted by molar-refractivity contribution is 5.90. The average Bonchev–Trinajstić information content (AvgIpc) is 2.74. The molecule has 0 atom stereocenters. The van der Waals surface area contributed by atoms with Gasteiger partial charge in [-0.2, -0.15) is 13.2 Å². The van der Waals surface area contributed by atoms with Crippen LogP contribution in [0.1, 0.15) is 16.3 Å². The minimum atomic E-state index is -4.19. The number of halogens is 3. The van der Waals surface area contributed by atoms with Crippen LogP contribution in [0.3, 0.4) is 0 Å². The van der Waals surface area contributed by atoms with Crippen LogP contribution in [0.5, 0.6) is 0 Å². The molecule has 1 N–H and O–H groups in total. The topological polar surface area (TPSA) is 52.2 Å². The number of amides is 1. The molecule has 1 aliphatic heterocycles. The Morgan fingerprint density at radius 3 is 2.47 bits per heavy atom. The molecule has 1 fully saturated rings. The van der Waals surface area contributed by atoms with E-state index < -0.39 is 12.7 Å². The highest BCUT2D eigenvalue weighted by Gasteiger charge is 2.33. The number of imidazole rings is 1. The zero-order chi connectivity index (χ0) is 14.0. The molecule has 106 valence electrons. The molecule has 2 heterocycles. The minimum Gasteiger partial charge on any atom is -0.338 e. The van der Waals surface area contributed by atoms with Crippen molar-refractivity contribution in [1.82, 2.24) is 19.8 Å². The number of nitrogens with zero attached hydrogens (tertiary/aromatic N) is 3. The lowest BCUT2D eigenvalue weighted by atomic mass is 10.3. The standard InChI is InChI=1S/C11H15F3N4O/c1-8-6-15-9(16-8)10(19)18-4-2-17(3-5-18)7-11(12,13)14/h6H,2-5,7H2,1H3,(H,15,16). The number of nitrogens with one attached hydrogen (secondary N) is 1. The molecular formula is C11H15F3N4O. The van der Waals surface area contributed by atoms with E-state index in [9.17, 15) is 18.0 Å². The van der Waals surface area contributed by atoms with Crippen LogP contribution in [0.4, 0.5) is 13.2 Å². The molecule has 0 radical (unpaired) electrons. The normalized spacial score (nSPS) is 17.8. The SMILES string of the molecule is Cc1cnc(C(=O)N2CCN(CC(F)(F)F)CC2)[nH]1. The largest absolute Gasteiger partial charge is 0.401 e. The molecule has 1 saturated heterocycles. The lowest BCUT2D eigenvalue weighted by Gasteiger charge is -2.34. The molecule has 1 aromatic rings. The number of rotatable bonds is 2. The lowest BCUT2D eigenvalue weighted by Crippen LogP contribution is -2.51. The first-order valence-corrected chi connectivity index (χ1v) is 5.95. The van der Waals surface area contributed by atoms with Crippen LogP contribution in [0.25, 0.3) is 0 Å². The summed E-state index contributed by atoms with van der Waals surface area (Å²) in [6, 6.07) is 0.